The van der Waals surface area contributed by atoms with Crippen molar-refractivity contribution < 1.29 is 0 Å². The van der Waals surface area contributed by atoms with Gasteiger partial charge in [0.15, 0.2) is 0 Å². The molecule has 11 rings (SSSR count). The molecule has 252 valence electrons. The van der Waals surface area contributed by atoms with Gasteiger partial charge in [-0.25, -0.2) is 0 Å². The third-order valence-corrected chi connectivity index (χ3v) is 11.0. The molecule has 8 aromatic carbocycles. The van der Waals surface area contributed by atoms with Crippen molar-refractivity contribution in [1.29, 1.82) is 0 Å². The first-order valence-electron chi connectivity index (χ1n) is 18.5. The summed E-state index contributed by atoms with van der Waals surface area (Å²) < 4.78 is 2.43. The zero-order chi connectivity index (χ0) is 35.6. The summed E-state index contributed by atoms with van der Waals surface area (Å²) in [5.41, 5.74) is 16.3. The molecule has 0 saturated carbocycles. The van der Waals surface area contributed by atoms with E-state index in [2.05, 4.69) is 198 Å². The summed E-state index contributed by atoms with van der Waals surface area (Å²) in [6.45, 7) is 0. The Morgan fingerprint density at radius 1 is 0.370 bits per heavy atom. The Hall–Kier alpha value is -7.23. The van der Waals surface area contributed by atoms with Crippen LogP contribution >= 0.6 is 0 Å². The van der Waals surface area contributed by atoms with E-state index < -0.39 is 0 Å². The minimum absolute atomic E-state index is 0.967. The van der Waals surface area contributed by atoms with Crippen molar-refractivity contribution in [2.24, 2.45) is 0 Å². The molecule has 0 fully saturated rings. The summed E-state index contributed by atoms with van der Waals surface area (Å²) in [6.07, 6.45) is 1.87. The topological polar surface area (TPSA) is 21.1 Å². The number of aromatic nitrogens is 2. The number of fused-ring (bicyclic) bond motifs is 5. The van der Waals surface area contributed by atoms with Crippen LogP contribution in [0.1, 0.15) is 0 Å². The van der Waals surface area contributed by atoms with E-state index in [1.807, 2.05) is 12.3 Å². The Balaban J connectivity index is 1.18. The van der Waals surface area contributed by atoms with Gasteiger partial charge in [-0.05, 0) is 99.9 Å². The number of pyridine rings is 1. The van der Waals surface area contributed by atoms with Crippen LogP contribution in [0.2, 0.25) is 0 Å². The standard InChI is InChI=1S/C51H33N3/c1-3-11-34(12-4-1)36-20-25-40(26-21-36)53-47-29-24-39(46-18-7-8-30-52-46)31-43(47)45-32-44-42-17-9-15-38-16-10-19-48(51(38)42)54(49(44)33-50(45)53)41-27-22-37(23-28-41)35-13-5-2-6-14-35/h1-33H. The summed E-state index contributed by atoms with van der Waals surface area (Å²) in [7, 11) is 0. The molecular weight excluding hydrogens is 655 g/mol. The maximum atomic E-state index is 4.72. The maximum Gasteiger partial charge on any atom is 0.0702 e. The molecule has 3 heteroatoms. The molecule has 3 nitrogen and oxygen atoms in total. The Labute approximate surface area is 313 Å². The normalized spacial score (nSPS) is 12.0. The summed E-state index contributed by atoms with van der Waals surface area (Å²) in [5.74, 6) is 0. The summed E-state index contributed by atoms with van der Waals surface area (Å²) >= 11 is 0. The lowest BCUT2D eigenvalue weighted by Gasteiger charge is -2.34. The van der Waals surface area contributed by atoms with Gasteiger partial charge in [-0.3, -0.25) is 4.98 Å². The van der Waals surface area contributed by atoms with Crippen LogP contribution in [0.15, 0.2) is 200 Å². The molecule has 0 saturated heterocycles. The number of benzene rings is 8. The second-order valence-electron chi connectivity index (χ2n) is 14.0. The molecule has 1 aliphatic heterocycles. The first kappa shape index (κ1) is 30.4. The zero-order valence-electron chi connectivity index (χ0n) is 29.4. The van der Waals surface area contributed by atoms with Crippen LogP contribution in [-0.4, -0.2) is 9.55 Å². The van der Waals surface area contributed by atoms with Crippen molar-refractivity contribution in [3.8, 4) is 50.3 Å². The summed E-state index contributed by atoms with van der Waals surface area (Å²) in [6, 6.07) is 70.3. The molecule has 0 atom stereocenters. The third-order valence-electron chi connectivity index (χ3n) is 11.0. The highest BCUT2D eigenvalue weighted by atomic mass is 15.2. The fourth-order valence-corrected chi connectivity index (χ4v) is 8.43. The SMILES string of the molecule is c1ccc(-c2ccc(N3c4cc5c(cc4-c4cccc6cccc3c46)c3cc(-c4ccccn4)ccc3n5-c3ccc(-c4ccccc4)cc3)cc2)cc1. The Morgan fingerprint density at radius 2 is 0.981 bits per heavy atom. The Morgan fingerprint density at radius 3 is 1.67 bits per heavy atom. The highest BCUT2D eigenvalue weighted by Crippen LogP contribution is 2.53. The zero-order valence-corrected chi connectivity index (χ0v) is 29.4. The van der Waals surface area contributed by atoms with E-state index in [1.165, 1.54) is 60.6 Å². The van der Waals surface area contributed by atoms with Crippen LogP contribution < -0.4 is 4.90 Å². The lowest BCUT2D eigenvalue weighted by atomic mass is 9.89. The molecule has 1 aliphatic rings. The fourth-order valence-electron chi connectivity index (χ4n) is 8.43. The van der Waals surface area contributed by atoms with Crippen molar-refractivity contribution in [3.63, 3.8) is 0 Å². The van der Waals surface area contributed by atoms with Crippen LogP contribution in [-0.2, 0) is 0 Å². The van der Waals surface area contributed by atoms with Crippen molar-refractivity contribution in [2.45, 2.75) is 0 Å². The van der Waals surface area contributed by atoms with Crippen molar-refractivity contribution >= 4 is 49.6 Å². The van der Waals surface area contributed by atoms with Gasteiger partial charge in [0.2, 0.25) is 0 Å². The van der Waals surface area contributed by atoms with E-state index in [-0.39, 0.29) is 0 Å². The molecule has 3 heterocycles. The molecule has 0 N–H and O–H groups in total. The van der Waals surface area contributed by atoms with Gasteiger partial charge in [0, 0.05) is 44.9 Å². The quantitative estimate of drug-likeness (QED) is 0.180. The number of hydrogen-bond acceptors (Lipinski definition) is 2. The molecule has 0 aliphatic carbocycles. The van der Waals surface area contributed by atoms with Crippen molar-refractivity contribution in [1.82, 2.24) is 9.55 Å². The molecule has 2 aromatic heterocycles. The van der Waals surface area contributed by atoms with Crippen LogP contribution in [0, 0.1) is 0 Å². The number of nitrogens with zero attached hydrogens (tertiary/aromatic N) is 3. The first-order valence-corrected chi connectivity index (χ1v) is 18.5. The predicted octanol–water partition coefficient (Wildman–Crippen LogP) is 13.8. The molecule has 0 spiro atoms. The second kappa shape index (κ2) is 12.2. The van der Waals surface area contributed by atoms with E-state index in [9.17, 15) is 0 Å². The monoisotopic (exact) mass is 687 g/mol. The van der Waals surface area contributed by atoms with E-state index in [4.69, 9.17) is 4.98 Å². The lowest BCUT2D eigenvalue weighted by molar-refractivity contribution is 1.18. The van der Waals surface area contributed by atoms with Gasteiger partial charge in [0.25, 0.3) is 0 Å². The van der Waals surface area contributed by atoms with Crippen molar-refractivity contribution in [2.75, 3.05) is 4.90 Å². The van der Waals surface area contributed by atoms with Gasteiger partial charge in [-0.2, -0.15) is 0 Å². The van der Waals surface area contributed by atoms with Gasteiger partial charge in [0.05, 0.1) is 28.1 Å². The second-order valence-corrected chi connectivity index (χ2v) is 14.0. The molecule has 0 radical (unpaired) electrons. The summed E-state index contributed by atoms with van der Waals surface area (Å²) in [5, 5.41) is 4.92. The van der Waals surface area contributed by atoms with Gasteiger partial charge in [0.1, 0.15) is 0 Å². The first-order chi connectivity index (χ1) is 26.8. The number of anilines is 3. The molecule has 0 bridgehead atoms. The van der Waals surface area contributed by atoms with Gasteiger partial charge >= 0.3 is 0 Å². The largest absolute Gasteiger partial charge is 0.309 e. The molecular formula is C51H33N3. The van der Waals surface area contributed by atoms with Crippen LogP contribution in [0.3, 0.4) is 0 Å². The van der Waals surface area contributed by atoms with E-state index in [0.717, 1.165) is 39.4 Å². The van der Waals surface area contributed by atoms with Crippen LogP contribution in [0.25, 0.3) is 82.9 Å². The smallest absolute Gasteiger partial charge is 0.0702 e. The van der Waals surface area contributed by atoms with E-state index in [1.54, 1.807) is 0 Å². The highest BCUT2D eigenvalue weighted by molar-refractivity contribution is 6.19. The maximum absolute atomic E-state index is 4.72. The van der Waals surface area contributed by atoms with E-state index in [0.29, 0.717) is 0 Å². The average Bonchev–Trinajstić information content (AvgIpc) is 3.57. The highest BCUT2D eigenvalue weighted by Gasteiger charge is 2.28. The fraction of sp³-hybridized carbons (Fsp3) is 0. The van der Waals surface area contributed by atoms with Crippen molar-refractivity contribution in [3.05, 3.63) is 200 Å². The molecule has 10 aromatic rings. The number of rotatable bonds is 5. The number of hydrogen-bond donors (Lipinski definition) is 0. The van der Waals surface area contributed by atoms with Gasteiger partial charge in [-0.15, -0.1) is 0 Å². The average molecular weight is 688 g/mol. The summed E-state index contributed by atoms with van der Waals surface area (Å²) in [4.78, 5) is 7.17. The third kappa shape index (κ3) is 4.79. The van der Waals surface area contributed by atoms with Crippen LogP contribution in [0.4, 0.5) is 17.1 Å². The predicted molar refractivity (Wildman–Crippen MR) is 226 cm³/mol. The van der Waals surface area contributed by atoms with E-state index >= 15 is 0 Å². The molecule has 54 heavy (non-hydrogen) atoms. The Kier molecular flexibility index (Phi) is 6.86. The van der Waals surface area contributed by atoms with Gasteiger partial charge < -0.3 is 9.47 Å². The molecule has 0 amide bonds. The van der Waals surface area contributed by atoms with Gasteiger partial charge in [-0.1, -0.05) is 127 Å². The minimum Gasteiger partial charge on any atom is -0.309 e. The van der Waals surface area contributed by atoms with Crippen LogP contribution in [0.5, 0.6) is 0 Å². The lowest BCUT2D eigenvalue weighted by Crippen LogP contribution is -2.15. The Bertz CT molecular complexity index is 3000. The minimum atomic E-state index is 0.967. The molecule has 0 unspecified atom stereocenters.